The molecule has 2 aromatic carbocycles. The van der Waals surface area contributed by atoms with Crippen LogP contribution in [0.5, 0.6) is 5.75 Å². The number of hydrogen-bond donors (Lipinski definition) is 1. The van der Waals surface area contributed by atoms with Crippen LogP contribution in [0.25, 0.3) is 0 Å². The summed E-state index contributed by atoms with van der Waals surface area (Å²) in [5, 5.41) is 12.4. The molecule has 2 rings (SSSR count). The Hall–Kier alpha value is -2.31. The molecule has 2 aromatic rings. The summed E-state index contributed by atoms with van der Waals surface area (Å²) < 4.78 is 5.50. The molecule has 0 saturated carbocycles. The molecule has 21 heavy (non-hydrogen) atoms. The van der Waals surface area contributed by atoms with Crippen molar-refractivity contribution < 1.29 is 4.74 Å². The van der Waals surface area contributed by atoms with E-state index in [0.29, 0.717) is 12.2 Å². The maximum atomic E-state index is 8.95. The Morgan fingerprint density at radius 1 is 1.19 bits per heavy atom. The van der Waals surface area contributed by atoms with Gasteiger partial charge < -0.3 is 10.1 Å². The fourth-order valence-electron chi connectivity index (χ4n) is 2.18. The van der Waals surface area contributed by atoms with Gasteiger partial charge in [0.1, 0.15) is 5.75 Å². The van der Waals surface area contributed by atoms with Crippen molar-refractivity contribution in [3.63, 3.8) is 0 Å². The molecule has 0 aliphatic heterocycles. The number of benzene rings is 2. The van der Waals surface area contributed by atoms with E-state index in [9.17, 15) is 0 Å². The van der Waals surface area contributed by atoms with E-state index in [0.717, 1.165) is 17.9 Å². The third-order valence-electron chi connectivity index (χ3n) is 3.34. The minimum absolute atomic E-state index is 0.189. The smallest absolute Gasteiger partial charge is 0.119 e. The second kappa shape index (κ2) is 7.47. The number of hydrogen-bond acceptors (Lipinski definition) is 3. The first-order valence-corrected chi connectivity index (χ1v) is 7.18. The highest BCUT2D eigenvalue weighted by Crippen LogP contribution is 2.17. The molecule has 0 spiro atoms. The minimum atomic E-state index is 0.189. The second-order valence-electron chi connectivity index (χ2n) is 4.92. The molecule has 0 amide bonds. The first kappa shape index (κ1) is 15.1. The van der Waals surface area contributed by atoms with Crippen molar-refractivity contribution in [2.75, 3.05) is 6.61 Å². The molecule has 0 aliphatic carbocycles. The average Bonchev–Trinajstić information content (AvgIpc) is 2.53. The Balaban J connectivity index is 1.98. The van der Waals surface area contributed by atoms with Gasteiger partial charge in [-0.3, -0.25) is 0 Å². The molecule has 0 aromatic heterocycles. The molecular formula is C18H20N2O. The molecule has 0 fully saturated rings. The maximum absolute atomic E-state index is 8.95. The van der Waals surface area contributed by atoms with Gasteiger partial charge in [-0.05, 0) is 49.2 Å². The summed E-state index contributed by atoms with van der Waals surface area (Å²) in [6.45, 7) is 5.52. The highest BCUT2D eigenvalue weighted by molar-refractivity contribution is 5.34. The highest BCUT2D eigenvalue weighted by Gasteiger charge is 2.06. The van der Waals surface area contributed by atoms with Crippen LogP contribution in [0.4, 0.5) is 0 Å². The molecule has 108 valence electrons. The molecule has 0 bridgehead atoms. The Morgan fingerprint density at radius 3 is 2.76 bits per heavy atom. The van der Waals surface area contributed by atoms with Crippen LogP contribution in [0.15, 0.2) is 48.5 Å². The largest absolute Gasteiger partial charge is 0.494 e. The third kappa shape index (κ3) is 4.34. The molecule has 1 atom stereocenters. The standard InChI is InChI=1S/C18H20N2O/c1-3-21-18-9-5-7-16(11-18)13-20-14(2)17-8-4-6-15(10-17)12-19/h4-11,14,20H,3,13H2,1-2H3. The highest BCUT2D eigenvalue weighted by atomic mass is 16.5. The number of nitrogens with one attached hydrogen (secondary N) is 1. The maximum Gasteiger partial charge on any atom is 0.119 e. The van der Waals surface area contributed by atoms with Crippen LogP contribution in [0.3, 0.4) is 0 Å². The van der Waals surface area contributed by atoms with Crippen molar-refractivity contribution in [3.8, 4) is 11.8 Å². The summed E-state index contributed by atoms with van der Waals surface area (Å²) in [6.07, 6.45) is 0. The molecule has 0 saturated heterocycles. The lowest BCUT2D eigenvalue weighted by atomic mass is 10.1. The van der Waals surface area contributed by atoms with Crippen molar-refractivity contribution in [3.05, 3.63) is 65.2 Å². The SMILES string of the molecule is CCOc1cccc(CNC(C)c2cccc(C#N)c2)c1. The van der Waals surface area contributed by atoms with Gasteiger partial charge in [-0.1, -0.05) is 24.3 Å². The number of ether oxygens (including phenoxy) is 1. The summed E-state index contributed by atoms with van der Waals surface area (Å²) >= 11 is 0. The Kier molecular flexibility index (Phi) is 5.36. The van der Waals surface area contributed by atoms with E-state index >= 15 is 0 Å². The van der Waals surface area contributed by atoms with Crippen molar-refractivity contribution in [1.82, 2.24) is 5.32 Å². The minimum Gasteiger partial charge on any atom is -0.494 e. The molecular weight excluding hydrogens is 260 g/mol. The number of nitrogens with zero attached hydrogens (tertiary/aromatic N) is 1. The van der Waals surface area contributed by atoms with Crippen molar-refractivity contribution in [1.29, 1.82) is 5.26 Å². The normalized spacial score (nSPS) is 11.7. The molecule has 1 N–H and O–H groups in total. The Labute approximate surface area is 126 Å². The van der Waals surface area contributed by atoms with Gasteiger partial charge in [-0.2, -0.15) is 5.26 Å². The van der Waals surface area contributed by atoms with Crippen LogP contribution < -0.4 is 10.1 Å². The van der Waals surface area contributed by atoms with Crippen LogP contribution >= 0.6 is 0 Å². The van der Waals surface area contributed by atoms with Crippen LogP contribution in [0.2, 0.25) is 0 Å². The van der Waals surface area contributed by atoms with E-state index in [1.54, 1.807) is 0 Å². The zero-order chi connectivity index (χ0) is 15.1. The van der Waals surface area contributed by atoms with Gasteiger partial charge in [0.2, 0.25) is 0 Å². The van der Waals surface area contributed by atoms with E-state index in [1.165, 1.54) is 5.56 Å². The van der Waals surface area contributed by atoms with E-state index < -0.39 is 0 Å². The van der Waals surface area contributed by atoms with Crippen LogP contribution in [0.1, 0.15) is 36.6 Å². The van der Waals surface area contributed by atoms with Crippen LogP contribution in [0, 0.1) is 11.3 Å². The fourth-order valence-corrected chi connectivity index (χ4v) is 2.18. The molecule has 3 nitrogen and oxygen atoms in total. The summed E-state index contributed by atoms with van der Waals surface area (Å²) in [4.78, 5) is 0. The van der Waals surface area contributed by atoms with Gasteiger partial charge in [0, 0.05) is 12.6 Å². The molecule has 0 heterocycles. The first-order valence-electron chi connectivity index (χ1n) is 7.18. The van der Waals surface area contributed by atoms with Gasteiger partial charge in [0.25, 0.3) is 0 Å². The average molecular weight is 280 g/mol. The lowest BCUT2D eigenvalue weighted by molar-refractivity contribution is 0.339. The van der Waals surface area contributed by atoms with Crippen LogP contribution in [-0.4, -0.2) is 6.61 Å². The zero-order valence-electron chi connectivity index (χ0n) is 12.5. The molecule has 0 radical (unpaired) electrons. The van der Waals surface area contributed by atoms with Gasteiger partial charge >= 0.3 is 0 Å². The van der Waals surface area contributed by atoms with Gasteiger partial charge in [-0.15, -0.1) is 0 Å². The van der Waals surface area contributed by atoms with Gasteiger partial charge in [0.05, 0.1) is 18.2 Å². The van der Waals surface area contributed by atoms with Crippen molar-refractivity contribution in [2.24, 2.45) is 0 Å². The van der Waals surface area contributed by atoms with E-state index in [1.807, 2.05) is 43.3 Å². The van der Waals surface area contributed by atoms with Crippen LogP contribution in [-0.2, 0) is 6.54 Å². The van der Waals surface area contributed by atoms with E-state index in [-0.39, 0.29) is 6.04 Å². The number of nitriles is 1. The third-order valence-corrected chi connectivity index (χ3v) is 3.34. The lowest BCUT2D eigenvalue weighted by Crippen LogP contribution is -2.18. The predicted octanol–water partition coefficient (Wildman–Crippen LogP) is 3.81. The van der Waals surface area contributed by atoms with E-state index in [2.05, 4.69) is 30.4 Å². The molecule has 3 heteroatoms. The second-order valence-corrected chi connectivity index (χ2v) is 4.92. The summed E-state index contributed by atoms with van der Waals surface area (Å²) in [7, 11) is 0. The number of rotatable bonds is 6. The first-order chi connectivity index (χ1) is 10.2. The predicted molar refractivity (Wildman–Crippen MR) is 84.0 cm³/mol. The topological polar surface area (TPSA) is 45.0 Å². The molecule has 1 unspecified atom stereocenters. The van der Waals surface area contributed by atoms with Gasteiger partial charge in [0.15, 0.2) is 0 Å². The summed E-state index contributed by atoms with van der Waals surface area (Å²) in [6, 6.07) is 18.2. The quantitative estimate of drug-likeness (QED) is 0.875. The lowest BCUT2D eigenvalue weighted by Gasteiger charge is -2.15. The Morgan fingerprint density at radius 2 is 2.00 bits per heavy atom. The zero-order valence-corrected chi connectivity index (χ0v) is 12.5. The fraction of sp³-hybridized carbons (Fsp3) is 0.278. The summed E-state index contributed by atoms with van der Waals surface area (Å²) in [5.74, 6) is 0.899. The Bertz CT molecular complexity index is 631. The van der Waals surface area contributed by atoms with Gasteiger partial charge in [-0.25, -0.2) is 0 Å². The summed E-state index contributed by atoms with van der Waals surface area (Å²) in [5.41, 5.74) is 3.00. The van der Waals surface area contributed by atoms with Crippen molar-refractivity contribution >= 4 is 0 Å². The monoisotopic (exact) mass is 280 g/mol. The van der Waals surface area contributed by atoms with E-state index in [4.69, 9.17) is 10.00 Å². The molecule has 0 aliphatic rings. The van der Waals surface area contributed by atoms with Crippen molar-refractivity contribution in [2.45, 2.75) is 26.4 Å².